The lowest BCUT2D eigenvalue weighted by Crippen LogP contribution is -2.46. The Kier molecular flexibility index (Phi) is 5.35. The smallest absolute Gasteiger partial charge is 0.257 e. The van der Waals surface area contributed by atoms with E-state index in [9.17, 15) is 4.79 Å². The molecular formula is C26H27N3O2. The molecule has 2 atom stereocenters. The quantitative estimate of drug-likeness (QED) is 0.624. The molecule has 1 N–H and O–H groups in total. The van der Waals surface area contributed by atoms with Crippen LogP contribution >= 0.6 is 0 Å². The number of para-hydroxylation sites is 2. The number of nitrogens with one attached hydrogen (secondary N) is 1. The van der Waals surface area contributed by atoms with Crippen molar-refractivity contribution in [2.75, 3.05) is 30.4 Å². The molecule has 158 valence electrons. The Labute approximate surface area is 183 Å². The zero-order valence-corrected chi connectivity index (χ0v) is 17.7. The molecule has 2 heterocycles. The minimum Gasteiger partial charge on any atom is -0.376 e. The number of hydrogen-bond donors (Lipinski definition) is 1. The number of benzene rings is 3. The Morgan fingerprint density at radius 1 is 0.968 bits per heavy atom. The van der Waals surface area contributed by atoms with E-state index in [0.717, 1.165) is 47.6 Å². The van der Waals surface area contributed by atoms with Gasteiger partial charge in [0.15, 0.2) is 0 Å². The fraction of sp³-hybridized carbons (Fsp3) is 0.269. The minimum absolute atomic E-state index is 0.0559. The topological polar surface area (TPSA) is 44.8 Å². The molecule has 0 saturated carbocycles. The molecule has 0 spiro atoms. The highest BCUT2D eigenvalue weighted by atomic mass is 16.5. The van der Waals surface area contributed by atoms with Crippen molar-refractivity contribution in [1.82, 2.24) is 4.90 Å². The van der Waals surface area contributed by atoms with Crippen molar-refractivity contribution in [3.05, 3.63) is 90.0 Å². The predicted molar refractivity (Wildman–Crippen MR) is 124 cm³/mol. The molecule has 2 aliphatic rings. The first-order valence-electron chi connectivity index (χ1n) is 10.9. The van der Waals surface area contributed by atoms with Gasteiger partial charge in [-0.2, -0.15) is 0 Å². The van der Waals surface area contributed by atoms with Gasteiger partial charge in [-0.3, -0.25) is 4.79 Å². The Morgan fingerprint density at radius 2 is 1.68 bits per heavy atom. The van der Waals surface area contributed by atoms with E-state index in [2.05, 4.69) is 53.7 Å². The van der Waals surface area contributed by atoms with Gasteiger partial charge in [0.1, 0.15) is 6.17 Å². The average molecular weight is 414 g/mol. The summed E-state index contributed by atoms with van der Waals surface area (Å²) in [6, 6.07) is 26.5. The van der Waals surface area contributed by atoms with Crippen LogP contribution in [0.25, 0.3) is 0 Å². The van der Waals surface area contributed by atoms with E-state index >= 15 is 0 Å². The Balaban J connectivity index is 1.44. The van der Waals surface area contributed by atoms with Crippen molar-refractivity contribution in [2.24, 2.45) is 0 Å². The maximum Gasteiger partial charge on any atom is 0.257 e. The first kappa shape index (κ1) is 19.6. The highest BCUT2D eigenvalue weighted by Crippen LogP contribution is 2.35. The number of rotatable bonds is 5. The molecular weight excluding hydrogens is 386 g/mol. The average Bonchev–Trinajstić information content (AvgIpc) is 3.34. The molecule has 2 unspecified atom stereocenters. The minimum atomic E-state index is -0.220. The normalized spacial score (nSPS) is 20.3. The van der Waals surface area contributed by atoms with E-state index in [4.69, 9.17) is 4.74 Å². The second-order valence-corrected chi connectivity index (χ2v) is 8.17. The van der Waals surface area contributed by atoms with Crippen LogP contribution in [0.4, 0.5) is 17.1 Å². The number of hydrogen-bond acceptors (Lipinski definition) is 4. The third-order valence-electron chi connectivity index (χ3n) is 6.19. The summed E-state index contributed by atoms with van der Waals surface area (Å²) in [5.41, 5.74) is 4.90. The molecule has 3 aromatic rings. The lowest BCUT2D eigenvalue weighted by molar-refractivity contribution is 0.0427. The van der Waals surface area contributed by atoms with E-state index in [-0.39, 0.29) is 18.2 Å². The zero-order chi connectivity index (χ0) is 21.2. The number of carbonyl (C=O) groups is 1. The van der Waals surface area contributed by atoms with E-state index in [1.54, 1.807) is 0 Å². The number of anilines is 3. The van der Waals surface area contributed by atoms with Crippen molar-refractivity contribution >= 4 is 23.0 Å². The van der Waals surface area contributed by atoms with Crippen molar-refractivity contribution in [3.63, 3.8) is 0 Å². The van der Waals surface area contributed by atoms with Crippen LogP contribution in [0.2, 0.25) is 0 Å². The zero-order valence-electron chi connectivity index (χ0n) is 17.7. The van der Waals surface area contributed by atoms with Crippen LogP contribution in [0.3, 0.4) is 0 Å². The fourth-order valence-corrected chi connectivity index (χ4v) is 4.43. The molecule has 0 bridgehead atoms. The van der Waals surface area contributed by atoms with Gasteiger partial charge in [-0.15, -0.1) is 0 Å². The van der Waals surface area contributed by atoms with E-state index < -0.39 is 0 Å². The summed E-state index contributed by atoms with van der Waals surface area (Å²) in [6.07, 6.45) is 1.94. The van der Waals surface area contributed by atoms with Gasteiger partial charge in [0.2, 0.25) is 0 Å². The number of nitrogens with zero attached hydrogens (tertiary/aromatic N) is 2. The van der Waals surface area contributed by atoms with E-state index in [1.807, 2.05) is 47.4 Å². The summed E-state index contributed by atoms with van der Waals surface area (Å²) in [4.78, 5) is 17.5. The van der Waals surface area contributed by atoms with Crippen LogP contribution in [0.1, 0.15) is 34.9 Å². The number of ether oxygens (including phenoxy) is 1. The Morgan fingerprint density at radius 3 is 2.42 bits per heavy atom. The molecule has 0 aromatic heterocycles. The maximum atomic E-state index is 13.4. The summed E-state index contributed by atoms with van der Waals surface area (Å²) in [5, 5.41) is 3.58. The predicted octanol–water partition coefficient (Wildman–Crippen LogP) is 5.20. The highest BCUT2D eigenvalue weighted by Gasteiger charge is 2.35. The molecule has 5 rings (SSSR count). The van der Waals surface area contributed by atoms with Gasteiger partial charge in [0, 0.05) is 37.3 Å². The van der Waals surface area contributed by atoms with E-state index in [1.165, 1.54) is 0 Å². The summed E-state index contributed by atoms with van der Waals surface area (Å²) < 4.78 is 5.85. The largest absolute Gasteiger partial charge is 0.376 e. The molecule has 31 heavy (non-hydrogen) atoms. The van der Waals surface area contributed by atoms with Gasteiger partial charge in [-0.05, 0) is 54.8 Å². The standard InChI is InChI=1S/C26H27N3O2/c1-28(20-8-3-2-4-9-20)21-15-13-19(14-16-21)25-27-24-12-6-5-11-23(24)26(30)29(25)18-22-10-7-17-31-22/h2-6,8-9,11-16,22,25,27H,7,10,17-18H2,1H3. The van der Waals surface area contributed by atoms with Crippen LogP contribution in [-0.2, 0) is 4.74 Å². The maximum absolute atomic E-state index is 13.4. The van der Waals surface area contributed by atoms with Crippen molar-refractivity contribution in [1.29, 1.82) is 0 Å². The molecule has 5 heteroatoms. The summed E-state index contributed by atoms with van der Waals surface area (Å²) >= 11 is 0. The number of fused-ring (bicyclic) bond motifs is 1. The molecule has 0 aliphatic carbocycles. The first-order valence-corrected chi connectivity index (χ1v) is 10.9. The molecule has 3 aromatic carbocycles. The van der Waals surface area contributed by atoms with Gasteiger partial charge in [-0.1, -0.05) is 42.5 Å². The van der Waals surface area contributed by atoms with Crippen LogP contribution in [-0.4, -0.2) is 37.1 Å². The third kappa shape index (κ3) is 3.89. The molecule has 5 nitrogen and oxygen atoms in total. The van der Waals surface area contributed by atoms with Gasteiger partial charge in [-0.25, -0.2) is 0 Å². The fourth-order valence-electron chi connectivity index (χ4n) is 4.43. The first-order chi connectivity index (χ1) is 15.2. The van der Waals surface area contributed by atoms with Crippen LogP contribution in [0.15, 0.2) is 78.9 Å². The second-order valence-electron chi connectivity index (χ2n) is 8.17. The molecule has 2 aliphatic heterocycles. The van der Waals surface area contributed by atoms with Gasteiger partial charge >= 0.3 is 0 Å². The molecule has 1 fully saturated rings. The number of carbonyl (C=O) groups excluding carboxylic acids is 1. The van der Waals surface area contributed by atoms with Crippen LogP contribution in [0.5, 0.6) is 0 Å². The van der Waals surface area contributed by atoms with Crippen molar-refractivity contribution in [3.8, 4) is 0 Å². The van der Waals surface area contributed by atoms with E-state index in [0.29, 0.717) is 6.54 Å². The highest BCUT2D eigenvalue weighted by molar-refractivity contribution is 6.01. The van der Waals surface area contributed by atoms with Crippen molar-refractivity contribution in [2.45, 2.75) is 25.1 Å². The van der Waals surface area contributed by atoms with Gasteiger partial charge in [0.05, 0.1) is 11.7 Å². The molecule has 1 saturated heterocycles. The Hall–Kier alpha value is -3.31. The molecule has 0 radical (unpaired) electrons. The lowest BCUT2D eigenvalue weighted by Gasteiger charge is -2.39. The van der Waals surface area contributed by atoms with Crippen molar-refractivity contribution < 1.29 is 9.53 Å². The third-order valence-corrected chi connectivity index (χ3v) is 6.19. The monoisotopic (exact) mass is 413 g/mol. The summed E-state index contributed by atoms with van der Waals surface area (Å²) in [6.45, 7) is 1.37. The van der Waals surface area contributed by atoms with Gasteiger partial charge in [0.25, 0.3) is 5.91 Å². The van der Waals surface area contributed by atoms with Crippen LogP contribution in [0, 0.1) is 0 Å². The number of amides is 1. The lowest BCUT2D eigenvalue weighted by atomic mass is 10.0. The van der Waals surface area contributed by atoms with Crippen LogP contribution < -0.4 is 10.2 Å². The summed E-state index contributed by atoms with van der Waals surface area (Å²) in [5.74, 6) is 0.0559. The Bertz CT molecular complexity index is 1050. The second kappa shape index (κ2) is 8.44. The molecule has 1 amide bonds. The van der Waals surface area contributed by atoms with Gasteiger partial charge < -0.3 is 19.9 Å². The SMILES string of the molecule is CN(c1ccccc1)c1ccc(C2Nc3ccccc3C(=O)N2CC2CCCO2)cc1. The summed E-state index contributed by atoms with van der Waals surface area (Å²) in [7, 11) is 2.06.